The third kappa shape index (κ3) is 2.98. The number of rotatable bonds is 5. The number of aromatic nitrogens is 2. The van der Waals surface area contributed by atoms with Gasteiger partial charge in [0.15, 0.2) is 23.3 Å². The van der Waals surface area contributed by atoms with Crippen LogP contribution in [0.4, 0.5) is 27.6 Å². The fraction of sp³-hybridized carbons (Fsp3) is 0.308. The minimum atomic E-state index is -2.17. The van der Waals surface area contributed by atoms with Gasteiger partial charge in [-0.1, -0.05) is 6.92 Å². The molecule has 1 aromatic carbocycles. The molecule has 2 rings (SSSR count). The van der Waals surface area contributed by atoms with Crippen LogP contribution in [0.3, 0.4) is 0 Å². The summed E-state index contributed by atoms with van der Waals surface area (Å²) in [6.45, 7) is 2.51. The Labute approximate surface area is 117 Å². The summed E-state index contributed by atoms with van der Waals surface area (Å²) in [7, 11) is 0. The number of hydrogen-bond acceptors (Lipinski definition) is 2. The first kappa shape index (κ1) is 15.3. The fourth-order valence-corrected chi connectivity index (χ4v) is 1.80. The van der Waals surface area contributed by atoms with Gasteiger partial charge in [-0.15, -0.1) is 0 Å². The Morgan fingerprint density at radius 1 is 1.00 bits per heavy atom. The van der Waals surface area contributed by atoms with Crippen molar-refractivity contribution >= 4 is 5.69 Å². The Morgan fingerprint density at radius 3 is 2.14 bits per heavy atom. The van der Waals surface area contributed by atoms with E-state index in [9.17, 15) is 22.0 Å². The molecule has 0 atom stereocenters. The van der Waals surface area contributed by atoms with Crippen LogP contribution in [0.15, 0.2) is 12.4 Å². The zero-order chi connectivity index (χ0) is 15.6. The van der Waals surface area contributed by atoms with Crippen molar-refractivity contribution in [2.24, 2.45) is 0 Å². The Kier molecular flexibility index (Phi) is 4.44. The lowest BCUT2D eigenvalue weighted by molar-refractivity contribution is 0.381. The second-order valence-electron chi connectivity index (χ2n) is 4.41. The van der Waals surface area contributed by atoms with Gasteiger partial charge in [-0.3, -0.25) is 4.68 Å². The van der Waals surface area contributed by atoms with Crippen molar-refractivity contribution in [3.63, 3.8) is 0 Å². The highest BCUT2D eigenvalue weighted by molar-refractivity contribution is 5.48. The van der Waals surface area contributed by atoms with E-state index in [1.807, 2.05) is 6.92 Å². The van der Waals surface area contributed by atoms with Crippen LogP contribution in [-0.4, -0.2) is 9.78 Å². The van der Waals surface area contributed by atoms with Gasteiger partial charge in [-0.05, 0) is 6.42 Å². The van der Waals surface area contributed by atoms with Crippen molar-refractivity contribution in [3.05, 3.63) is 47.0 Å². The minimum absolute atomic E-state index is 0.109. The van der Waals surface area contributed by atoms with Gasteiger partial charge in [0, 0.05) is 24.8 Å². The molecule has 0 fully saturated rings. The van der Waals surface area contributed by atoms with Gasteiger partial charge in [-0.2, -0.15) is 5.10 Å². The first-order valence-corrected chi connectivity index (χ1v) is 6.22. The summed E-state index contributed by atoms with van der Waals surface area (Å²) >= 11 is 0. The molecule has 114 valence electrons. The molecule has 21 heavy (non-hydrogen) atoms. The van der Waals surface area contributed by atoms with Crippen LogP contribution in [-0.2, 0) is 13.1 Å². The van der Waals surface area contributed by atoms with E-state index in [4.69, 9.17) is 0 Å². The minimum Gasteiger partial charge on any atom is -0.376 e. The summed E-state index contributed by atoms with van der Waals surface area (Å²) < 4.78 is 67.4. The van der Waals surface area contributed by atoms with E-state index in [0.717, 1.165) is 6.42 Å². The molecular weight excluding hydrogens is 293 g/mol. The van der Waals surface area contributed by atoms with Crippen molar-refractivity contribution in [2.45, 2.75) is 26.4 Å². The summed E-state index contributed by atoms with van der Waals surface area (Å²) in [6, 6.07) is 0. The van der Waals surface area contributed by atoms with E-state index in [-0.39, 0.29) is 6.54 Å². The number of benzene rings is 1. The van der Waals surface area contributed by atoms with Gasteiger partial charge in [0.2, 0.25) is 5.82 Å². The monoisotopic (exact) mass is 305 g/mol. The van der Waals surface area contributed by atoms with E-state index in [1.165, 1.54) is 6.20 Å². The lowest BCUT2D eigenvalue weighted by Crippen LogP contribution is -2.09. The molecule has 0 saturated carbocycles. The summed E-state index contributed by atoms with van der Waals surface area (Å²) in [5, 5.41) is 6.21. The first-order valence-electron chi connectivity index (χ1n) is 6.22. The molecule has 0 spiro atoms. The quantitative estimate of drug-likeness (QED) is 0.519. The lowest BCUT2D eigenvalue weighted by Gasteiger charge is -2.09. The zero-order valence-corrected chi connectivity index (χ0v) is 11.1. The molecular formula is C13H12F5N3. The van der Waals surface area contributed by atoms with Gasteiger partial charge in [-0.25, -0.2) is 22.0 Å². The van der Waals surface area contributed by atoms with Crippen molar-refractivity contribution in [3.8, 4) is 0 Å². The SMILES string of the molecule is CCCn1cc(CNc2c(F)c(F)c(F)c(F)c2F)cn1. The maximum absolute atomic E-state index is 13.4. The van der Waals surface area contributed by atoms with Crippen LogP contribution in [0.2, 0.25) is 0 Å². The maximum atomic E-state index is 13.4. The molecule has 0 radical (unpaired) electrons. The van der Waals surface area contributed by atoms with Crippen LogP contribution in [0.25, 0.3) is 0 Å². The molecule has 0 saturated heterocycles. The van der Waals surface area contributed by atoms with Gasteiger partial charge in [0.05, 0.1) is 6.20 Å². The summed E-state index contributed by atoms with van der Waals surface area (Å²) in [4.78, 5) is 0. The predicted octanol–water partition coefficient (Wildman–Crippen LogP) is 3.60. The highest BCUT2D eigenvalue weighted by atomic mass is 19.2. The van der Waals surface area contributed by atoms with Crippen LogP contribution in [0.1, 0.15) is 18.9 Å². The molecule has 8 heteroatoms. The Bertz CT molecular complexity index is 624. The molecule has 1 N–H and O–H groups in total. The lowest BCUT2D eigenvalue weighted by atomic mass is 10.2. The van der Waals surface area contributed by atoms with Gasteiger partial charge < -0.3 is 5.32 Å². The highest BCUT2D eigenvalue weighted by Crippen LogP contribution is 2.27. The normalized spacial score (nSPS) is 11.0. The third-order valence-corrected chi connectivity index (χ3v) is 2.82. The van der Waals surface area contributed by atoms with Crippen LogP contribution >= 0.6 is 0 Å². The molecule has 0 aliphatic rings. The Morgan fingerprint density at radius 2 is 1.57 bits per heavy atom. The second kappa shape index (κ2) is 6.11. The average molecular weight is 305 g/mol. The molecule has 0 aliphatic carbocycles. The molecule has 3 nitrogen and oxygen atoms in total. The zero-order valence-electron chi connectivity index (χ0n) is 11.1. The number of halogens is 5. The smallest absolute Gasteiger partial charge is 0.200 e. The number of nitrogens with one attached hydrogen (secondary N) is 1. The van der Waals surface area contributed by atoms with E-state index in [0.29, 0.717) is 12.1 Å². The molecule has 1 heterocycles. The molecule has 2 aromatic rings. The standard InChI is InChI=1S/C13H12F5N3/c1-2-3-21-6-7(5-20-21)4-19-13-11(17)9(15)8(14)10(16)12(13)18/h5-6,19H,2-4H2,1H3. The number of anilines is 1. The van der Waals surface area contributed by atoms with E-state index in [1.54, 1.807) is 10.9 Å². The predicted molar refractivity (Wildman–Crippen MR) is 66.1 cm³/mol. The van der Waals surface area contributed by atoms with Crippen molar-refractivity contribution in [1.29, 1.82) is 0 Å². The number of hydrogen-bond donors (Lipinski definition) is 1. The molecule has 0 aliphatic heterocycles. The summed E-state index contributed by atoms with van der Waals surface area (Å²) in [5.41, 5.74) is -0.484. The topological polar surface area (TPSA) is 29.9 Å². The van der Waals surface area contributed by atoms with Crippen molar-refractivity contribution in [2.75, 3.05) is 5.32 Å². The second-order valence-corrected chi connectivity index (χ2v) is 4.41. The third-order valence-electron chi connectivity index (χ3n) is 2.82. The highest BCUT2D eigenvalue weighted by Gasteiger charge is 2.25. The van der Waals surface area contributed by atoms with Crippen LogP contribution in [0.5, 0.6) is 0 Å². The maximum Gasteiger partial charge on any atom is 0.200 e. The van der Waals surface area contributed by atoms with Gasteiger partial charge in [0.1, 0.15) is 5.69 Å². The molecule has 0 amide bonds. The van der Waals surface area contributed by atoms with Crippen LogP contribution < -0.4 is 5.32 Å². The number of nitrogens with zero attached hydrogens (tertiary/aromatic N) is 2. The fourth-order valence-electron chi connectivity index (χ4n) is 1.80. The average Bonchev–Trinajstić information content (AvgIpc) is 2.91. The van der Waals surface area contributed by atoms with Crippen molar-refractivity contribution in [1.82, 2.24) is 9.78 Å². The largest absolute Gasteiger partial charge is 0.376 e. The van der Waals surface area contributed by atoms with E-state index >= 15 is 0 Å². The Balaban J connectivity index is 2.20. The number of aryl methyl sites for hydroxylation is 1. The Hall–Kier alpha value is -2.12. The van der Waals surface area contributed by atoms with Crippen molar-refractivity contribution < 1.29 is 22.0 Å². The summed E-state index contributed by atoms with van der Waals surface area (Å²) in [6.07, 6.45) is 3.93. The molecule has 1 aromatic heterocycles. The molecule has 0 unspecified atom stereocenters. The van der Waals surface area contributed by atoms with Gasteiger partial charge >= 0.3 is 0 Å². The molecule has 0 bridgehead atoms. The summed E-state index contributed by atoms with van der Waals surface area (Å²) in [5.74, 6) is -9.89. The first-order chi connectivity index (χ1) is 9.95. The van der Waals surface area contributed by atoms with Crippen LogP contribution in [0, 0.1) is 29.1 Å². The van der Waals surface area contributed by atoms with E-state index < -0.39 is 34.8 Å². The van der Waals surface area contributed by atoms with E-state index in [2.05, 4.69) is 10.4 Å². The van der Waals surface area contributed by atoms with Gasteiger partial charge in [0.25, 0.3) is 0 Å².